The van der Waals surface area contributed by atoms with Crippen molar-refractivity contribution in [1.29, 1.82) is 0 Å². The molecule has 1 aromatic carbocycles. The van der Waals surface area contributed by atoms with E-state index in [0.717, 1.165) is 30.7 Å². The lowest BCUT2D eigenvalue weighted by Crippen LogP contribution is -2.20. The molecule has 0 bridgehead atoms. The van der Waals surface area contributed by atoms with Gasteiger partial charge in [0.1, 0.15) is 0 Å². The molecule has 0 aliphatic carbocycles. The van der Waals surface area contributed by atoms with E-state index in [4.69, 9.17) is 0 Å². The number of H-pyrrole nitrogens is 1. The van der Waals surface area contributed by atoms with Gasteiger partial charge in [0.25, 0.3) is 0 Å². The molecular weight excluding hydrogens is 234 g/mol. The third-order valence-electron chi connectivity index (χ3n) is 3.80. The number of nitrogens with zero attached hydrogens (tertiary/aromatic N) is 1. The molecule has 1 aliphatic rings. The Balaban J connectivity index is 2.13. The second-order valence-electron chi connectivity index (χ2n) is 6.27. The number of hydrogen-bond donors (Lipinski definition) is 2. The maximum absolute atomic E-state index is 4.52. The highest BCUT2D eigenvalue weighted by Gasteiger charge is 2.17. The summed E-state index contributed by atoms with van der Waals surface area (Å²) < 4.78 is 0. The molecule has 0 unspecified atom stereocenters. The highest BCUT2D eigenvalue weighted by atomic mass is 15.1. The molecule has 0 saturated heterocycles. The minimum absolute atomic E-state index is 0.172. The highest BCUT2D eigenvalue weighted by molar-refractivity contribution is 5.91. The SMILES string of the molecule is CC(C)(C)c1ccc2[nH]nc(C3=CCNCC3)c2c1. The molecule has 2 N–H and O–H groups in total. The van der Waals surface area contributed by atoms with E-state index in [1.165, 1.54) is 16.5 Å². The molecule has 2 heterocycles. The van der Waals surface area contributed by atoms with Gasteiger partial charge < -0.3 is 5.32 Å². The van der Waals surface area contributed by atoms with Crippen LogP contribution in [0.3, 0.4) is 0 Å². The number of benzene rings is 1. The van der Waals surface area contributed by atoms with Crippen LogP contribution in [0.25, 0.3) is 16.5 Å². The highest BCUT2D eigenvalue weighted by Crippen LogP contribution is 2.30. The van der Waals surface area contributed by atoms with Gasteiger partial charge in [-0.15, -0.1) is 0 Å². The van der Waals surface area contributed by atoms with Crippen molar-refractivity contribution in [3.8, 4) is 0 Å². The molecule has 3 heteroatoms. The Morgan fingerprint density at radius 3 is 2.74 bits per heavy atom. The third-order valence-corrected chi connectivity index (χ3v) is 3.80. The summed E-state index contributed by atoms with van der Waals surface area (Å²) in [5.74, 6) is 0. The molecule has 0 atom stereocenters. The summed E-state index contributed by atoms with van der Waals surface area (Å²) in [6, 6.07) is 6.63. The minimum atomic E-state index is 0.172. The largest absolute Gasteiger partial charge is 0.313 e. The van der Waals surface area contributed by atoms with Crippen LogP contribution in [-0.2, 0) is 5.41 Å². The molecule has 1 aromatic heterocycles. The molecule has 100 valence electrons. The van der Waals surface area contributed by atoms with Gasteiger partial charge in [-0.3, -0.25) is 5.10 Å². The summed E-state index contributed by atoms with van der Waals surface area (Å²) in [5.41, 5.74) is 5.14. The van der Waals surface area contributed by atoms with E-state index in [1.54, 1.807) is 0 Å². The van der Waals surface area contributed by atoms with Crippen LogP contribution in [0.15, 0.2) is 24.3 Å². The summed E-state index contributed by atoms with van der Waals surface area (Å²) in [7, 11) is 0. The molecule has 0 amide bonds. The van der Waals surface area contributed by atoms with Crippen molar-refractivity contribution in [2.45, 2.75) is 32.6 Å². The Labute approximate surface area is 114 Å². The van der Waals surface area contributed by atoms with E-state index in [0.29, 0.717) is 0 Å². The fraction of sp³-hybridized carbons (Fsp3) is 0.438. The van der Waals surface area contributed by atoms with Crippen molar-refractivity contribution in [3.63, 3.8) is 0 Å². The molecular formula is C16H21N3. The predicted molar refractivity (Wildman–Crippen MR) is 80.3 cm³/mol. The molecule has 3 rings (SSSR count). The van der Waals surface area contributed by atoms with Crippen molar-refractivity contribution in [2.24, 2.45) is 0 Å². The molecule has 3 nitrogen and oxygen atoms in total. The third kappa shape index (κ3) is 2.30. The molecule has 0 saturated carbocycles. The average Bonchev–Trinajstić information content (AvgIpc) is 2.81. The lowest BCUT2D eigenvalue weighted by molar-refractivity contribution is 0.591. The van der Waals surface area contributed by atoms with Crippen molar-refractivity contribution in [3.05, 3.63) is 35.5 Å². The van der Waals surface area contributed by atoms with Crippen LogP contribution >= 0.6 is 0 Å². The fourth-order valence-electron chi connectivity index (χ4n) is 2.56. The molecule has 2 aromatic rings. The van der Waals surface area contributed by atoms with Gasteiger partial charge in [-0.1, -0.05) is 32.9 Å². The van der Waals surface area contributed by atoms with Crippen LogP contribution < -0.4 is 5.32 Å². The van der Waals surface area contributed by atoms with Gasteiger partial charge in [0.15, 0.2) is 0 Å². The van der Waals surface area contributed by atoms with Gasteiger partial charge in [-0.05, 0) is 41.6 Å². The second kappa shape index (κ2) is 4.49. The standard InChI is InChI=1S/C16H21N3/c1-16(2,3)12-4-5-14-13(10-12)15(19-18-14)11-6-8-17-9-7-11/h4-6,10,17H,7-9H2,1-3H3,(H,18,19). The summed E-state index contributed by atoms with van der Waals surface area (Å²) in [4.78, 5) is 0. The first-order valence-corrected chi connectivity index (χ1v) is 6.94. The van der Waals surface area contributed by atoms with Crippen molar-refractivity contribution in [2.75, 3.05) is 13.1 Å². The van der Waals surface area contributed by atoms with E-state index in [9.17, 15) is 0 Å². The second-order valence-corrected chi connectivity index (χ2v) is 6.27. The molecule has 1 aliphatic heterocycles. The van der Waals surface area contributed by atoms with Gasteiger partial charge in [0, 0.05) is 11.9 Å². The maximum Gasteiger partial charge on any atom is 0.0957 e. The lowest BCUT2D eigenvalue weighted by Gasteiger charge is -2.19. The smallest absolute Gasteiger partial charge is 0.0957 e. The first-order chi connectivity index (χ1) is 9.05. The number of nitrogens with one attached hydrogen (secondary N) is 2. The van der Waals surface area contributed by atoms with E-state index < -0.39 is 0 Å². The summed E-state index contributed by atoms with van der Waals surface area (Å²) in [6.07, 6.45) is 3.31. The van der Waals surface area contributed by atoms with E-state index in [1.807, 2.05) is 0 Å². The van der Waals surface area contributed by atoms with Gasteiger partial charge in [-0.25, -0.2) is 0 Å². The minimum Gasteiger partial charge on any atom is -0.313 e. The van der Waals surface area contributed by atoms with Gasteiger partial charge in [-0.2, -0.15) is 5.10 Å². The Kier molecular flexibility index (Phi) is 2.94. The summed E-state index contributed by atoms with van der Waals surface area (Å²) in [6.45, 7) is 8.73. The molecule has 0 radical (unpaired) electrons. The lowest BCUT2D eigenvalue weighted by atomic mass is 9.86. The molecule has 19 heavy (non-hydrogen) atoms. The first-order valence-electron chi connectivity index (χ1n) is 6.94. The number of aromatic nitrogens is 2. The van der Waals surface area contributed by atoms with Crippen LogP contribution in [0, 0.1) is 0 Å². The first kappa shape index (κ1) is 12.4. The zero-order valence-corrected chi connectivity index (χ0v) is 11.9. The fourth-order valence-corrected chi connectivity index (χ4v) is 2.56. The van der Waals surface area contributed by atoms with Crippen molar-refractivity contribution < 1.29 is 0 Å². The quantitative estimate of drug-likeness (QED) is 0.821. The van der Waals surface area contributed by atoms with Crippen LogP contribution in [0.4, 0.5) is 0 Å². The number of hydrogen-bond acceptors (Lipinski definition) is 2. The van der Waals surface area contributed by atoms with Crippen LogP contribution in [0.5, 0.6) is 0 Å². The van der Waals surface area contributed by atoms with Gasteiger partial charge in [0.05, 0.1) is 11.2 Å². The van der Waals surface area contributed by atoms with Gasteiger partial charge in [0.2, 0.25) is 0 Å². The van der Waals surface area contributed by atoms with Crippen LogP contribution in [-0.4, -0.2) is 23.3 Å². The average molecular weight is 255 g/mol. The Morgan fingerprint density at radius 2 is 2.05 bits per heavy atom. The zero-order valence-electron chi connectivity index (χ0n) is 11.9. The monoisotopic (exact) mass is 255 g/mol. The topological polar surface area (TPSA) is 40.7 Å². The van der Waals surface area contributed by atoms with E-state index >= 15 is 0 Å². The summed E-state index contributed by atoms with van der Waals surface area (Å²) in [5, 5.41) is 12.3. The van der Waals surface area contributed by atoms with Crippen LogP contribution in [0.2, 0.25) is 0 Å². The normalized spacial score (nSPS) is 16.7. The maximum atomic E-state index is 4.52. The Hall–Kier alpha value is -1.61. The number of fused-ring (bicyclic) bond motifs is 1. The molecule has 0 fully saturated rings. The van der Waals surface area contributed by atoms with E-state index in [2.05, 4.69) is 60.6 Å². The number of rotatable bonds is 1. The van der Waals surface area contributed by atoms with E-state index in [-0.39, 0.29) is 5.41 Å². The molecule has 0 spiro atoms. The number of aromatic amines is 1. The zero-order chi connectivity index (χ0) is 13.5. The summed E-state index contributed by atoms with van der Waals surface area (Å²) >= 11 is 0. The Morgan fingerprint density at radius 1 is 1.21 bits per heavy atom. The van der Waals surface area contributed by atoms with Crippen molar-refractivity contribution in [1.82, 2.24) is 15.5 Å². The van der Waals surface area contributed by atoms with Crippen LogP contribution in [0.1, 0.15) is 38.4 Å². The predicted octanol–water partition coefficient (Wildman–Crippen LogP) is 3.24. The van der Waals surface area contributed by atoms with Crippen molar-refractivity contribution >= 4 is 16.5 Å². The Bertz CT molecular complexity index is 629. The van der Waals surface area contributed by atoms with Gasteiger partial charge >= 0.3 is 0 Å².